The van der Waals surface area contributed by atoms with Gasteiger partial charge in [-0.15, -0.1) is 0 Å². The first-order chi connectivity index (χ1) is 11.0. The van der Waals surface area contributed by atoms with Gasteiger partial charge >= 0.3 is 0 Å². The quantitative estimate of drug-likeness (QED) is 0.829. The molecule has 3 rings (SSSR count). The molecule has 1 aromatic rings. The van der Waals surface area contributed by atoms with Gasteiger partial charge in [0, 0.05) is 45.3 Å². The third-order valence-corrected chi connectivity index (χ3v) is 6.91. The molecule has 0 bridgehead atoms. The van der Waals surface area contributed by atoms with Crippen molar-refractivity contribution in [2.45, 2.75) is 24.6 Å². The van der Waals surface area contributed by atoms with Gasteiger partial charge in [-0.05, 0) is 25.5 Å². The number of hydrogen-bond acceptors (Lipinski definition) is 4. The Balaban J connectivity index is 1.54. The van der Waals surface area contributed by atoms with Crippen LogP contribution in [0.3, 0.4) is 0 Å². The predicted octanol–water partition coefficient (Wildman–Crippen LogP) is 1.23. The highest BCUT2D eigenvalue weighted by molar-refractivity contribution is 7.88. The molecule has 2 aliphatic heterocycles. The van der Waals surface area contributed by atoms with E-state index >= 15 is 0 Å². The third-order valence-electron chi connectivity index (χ3n) is 5.06. The maximum absolute atomic E-state index is 12.6. The molecule has 2 saturated heterocycles. The van der Waals surface area contributed by atoms with E-state index in [1.54, 1.807) is 4.31 Å². The second-order valence-electron chi connectivity index (χ2n) is 6.71. The average molecular weight is 337 g/mol. The van der Waals surface area contributed by atoms with E-state index in [0.717, 1.165) is 44.6 Å². The van der Waals surface area contributed by atoms with Gasteiger partial charge in [-0.3, -0.25) is 4.90 Å². The first-order valence-electron chi connectivity index (χ1n) is 8.49. The van der Waals surface area contributed by atoms with Gasteiger partial charge in [0.25, 0.3) is 0 Å². The lowest BCUT2D eigenvalue weighted by molar-refractivity contribution is 0.0836. The molecule has 2 aliphatic rings. The second-order valence-corrected chi connectivity index (χ2v) is 8.68. The summed E-state index contributed by atoms with van der Waals surface area (Å²) in [5.74, 6) is 0.118. The summed E-state index contributed by atoms with van der Waals surface area (Å²) in [7, 11) is -1.03. The summed E-state index contributed by atoms with van der Waals surface area (Å²) in [5.41, 5.74) is 0.869. The molecular weight excluding hydrogens is 310 g/mol. The highest BCUT2D eigenvalue weighted by atomic mass is 32.2. The predicted molar refractivity (Wildman–Crippen MR) is 92.7 cm³/mol. The van der Waals surface area contributed by atoms with E-state index in [2.05, 4.69) is 16.8 Å². The zero-order valence-corrected chi connectivity index (χ0v) is 14.7. The SMILES string of the molecule is CN1CCN(C2CCN(S(=O)(=O)Cc3ccccc3)CC2)CC1. The van der Waals surface area contributed by atoms with Crippen LogP contribution >= 0.6 is 0 Å². The topological polar surface area (TPSA) is 43.9 Å². The van der Waals surface area contributed by atoms with E-state index in [0.29, 0.717) is 19.1 Å². The monoisotopic (exact) mass is 337 g/mol. The first-order valence-corrected chi connectivity index (χ1v) is 10.1. The van der Waals surface area contributed by atoms with Crippen molar-refractivity contribution in [2.24, 2.45) is 0 Å². The summed E-state index contributed by atoms with van der Waals surface area (Å²) in [6.07, 6.45) is 1.91. The first kappa shape index (κ1) is 16.9. The molecule has 0 spiro atoms. The van der Waals surface area contributed by atoms with Gasteiger partial charge < -0.3 is 4.90 Å². The molecular formula is C17H27N3O2S. The summed E-state index contributed by atoms with van der Waals surface area (Å²) in [6.45, 7) is 5.77. The second kappa shape index (κ2) is 7.30. The zero-order valence-electron chi connectivity index (χ0n) is 13.9. The van der Waals surface area contributed by atoms with Crippen LogP contribution in [0.1, 0.15) is 18.4 Å². The summed E-state index contributed by atoms with van der Waals surface area (Å²) in [6, 6.07) is 10.0. The van der Waals surface area contributed by atoms with Crippen LogP contribution in [0, 0.1) is 0 Å². The van der Waals surface area contributed by atoms with E-state index in [1.165, 1.54) is 0 Å². The summed E-state index contributed by atoms with van der Waals surface area (Å²) < 4.78 is 26.9. The highest BCUT2D eigenvalue weighted by Crippen LogP contribution is 2.21. The molecule has 0 aliphatic carbocycles. The molecule has 0 atom stereocenters. The molecule has 5 nitrogen and oxygen atoms in total. The van der Waals surface area contributed by atoms with E-state index < -0.39 is 10.0 Å². The lowest BCUT2D eigenvalue weighted by Gasteiger charge is -2.41. The molecule has 128 valence electrons. The van der Waals surface area contributed by atoms with Gasteiger partial charge in [0.15, 0.2) is 0 Å². The molecule has 1 aromatic carbocycles. The zero-order chi connectivity index (χ0) is 16.3. The Labute approximate surface area is 139 Å². The van der Waals surface area contributed by atoms with Crippen LogP contribution in [-0.4, -0.2) is 74.9 Å². The Hall–Kier alpha value is -0.950. The molecule has 2 fully saturated rings. The fraction of sp³-hybridized carbons (Fsp3) is 0.647. The number of sulfonamides is 1. The molecule has 0 saturated carbocycles. The van der Waals surface area contributed by atoms with Crippen LogP contribution in [0.25, 0.3) is 0 Å². The lowest BCUT2D eigenvalue weighted by atomic mass is 10.0. The number of piperazine rings is 1. The van der Waals surface area contributed by atoms with E-state index in [-0.39, 0.29) is 5.75 Å². The van der Waals surface area contributed by atoms with E-state index in [9.17, 15) is 8.42 Å². The van der Waals surface area contributed by atoms with Crippen LogP contribution in [0.5, 0.6) is 0 Å². The van der Waals surface area contributed by atoms with Crippen molar-refractivity contribution in [1.29, 1.82) is 0 Å². The summed E-state index contributed by atoms with van der Waals surface area (Å²) in [4.78, 5) is 4.90. The van der Waals surface area contributed by atoms with E-state index in [4.69, 9.17) is 0 Å². The molecule has 0 aromatic heterocycles. The number of rotatable bonds is 4. The van der Waals surface area contributed by atoms with Crippen LogP contribution in [0.2, 0.25) is 0 Å². The van der Waals surface area contributed by atoms with Crippen molar-refractivity contribution in [3.63, 3.8) is 0 Å². The molecule has 0 radical (unpaired) electrons. The van der Waals surface area contributed by atoms with Gasteiger partial charge in [0.2, 0.25) is 10.0 Å². The molecule has 0 unspecified atom stereocenters. The Morgan fingerprint density at radius 2 is 1.57 bits per heavy atom. The summed E-state index contributed by atoms with van der Waals surface area (Å²) in [5, 5.41) is 0. The minimum Gasteiger partial charge on any atom is -0.304 e. The van der Waals surface area contributed by atoms with E-state index in [1.807, 2.05) is 30.3 Å². The van der Waals surface area contributed by atoms with Gasteiger partial charge in [-0.1, -0.05) is 30.3 Å². The number of likely N-dealkylation sites (N-methyl/N-ethyl adjacent to an activating group) is 1. The molecule has 0 amide bonds. The normalized spacial score (nSPS) is 23.2. The van der Waals surface area contributed by atoms with Crippen LogP contribution in [0.15, 0.2) is 30.3 Å². The summed E-state index contributed by atoms with van der Waals surface area (Å²) >= 11 is 0. The van der Waals surface area contributed by atoms with Crippen molar-refractivity contribution in [3.05, 3.63) is 35.9 Å². The highest BCUT2D eigenvalue weighted by Gasteiger charge is 2.31. The maximum Gasteiger partial charge on any atom is 0.218 e. The lowest BCUT2D eigenvalue weighted by Crippen LogP contribution is -2.53. The minimum absolute atomic E-state index is 0.118. The van der Waals surface area contributed by atoms with Crippen molar-refractivity contribution < 1.29 is 8.42 Å². The maximum atomic E-state index is 12.6. The Morgan fingerprint density at radius 3 is 2.17 bits per heavy atom. The van der Waals surface area contributed by atoms with Gasteiger partial charge in [0.05, 0.1) is 5.75 Å². The van der Waals surface area contributed by atoms with Crippen LogP contribution < -0.4 is 0 Å². The largest absolute Gasteiger partial charge is 0.304 e. The third kappa shape index (κ3) is 4.32. The van der Waals surface area contributed by atoms with Crippen LogP contribution in [-0.2, 0) is 15.8 Å². The van der Waals surface area contributed by atoms with Crippen molar-refractivity contribution in [1.82, 2.24) is 14.1 Å². The molecule has 0 N–H and O–H groups in total. The number of piperidine rings is 1. The van der Waals surface area contributed by atoms with Crippen molar-refractivity contribution in [2.75, 3.05) is 46.3 Å². The number of hydrogen-bond donors (Lipinski definition) is 0. The Morgan fingerprint density at radius 1 is 0.957 bits per heavy atom. The number of nitrogens with zero attached hydrogens (tertiary/aromatic N) is 3. The van der Waals surface area contributed by atoms with Crippen molar-refractivity contribution in [3.8, 4) is 0 Å². The minimum atomic E-state index is -3.19. The fourth-order valence-electron chi connectivity index (χ4n) is 3.55. The number of benzene rings is 1. The molecule has 23 heavy (non-hydrogen) atoms. The standard InChI is InChI=1S/C17H27N3O2S/c1-18-11-13-19(14-12-18)17-7-9-20(10-8-17)23(21,22)15-16-5-3-2-4-6-16/h2-6,17H,7-15H2,1H3. The van der Waals surface area contributed by atoms with Crippen LogP contribution in [0.4, 0.5) is 0 Å². The average Bonchev–Trinajstić information content (AvgIpc) is 2.56. The van der Waals surface area contributed by atoms with Gasteiger partial charge in [0.1, 0.15) is 0 Å². The molecule has 6 heteroatoms. The molecule has 2 heterocycles. The van der Waals surface area contributed by atoms with Gasteiger partial charge in [-0.25, -0.2) is 12.7 Å². The van der Waals surface area contributed by atoms with Crippen molar-refractivity contribution >= 4 is 10.0 Å². The van der Waals surface area contributed by atoms with Gasteiger partial charge in [-0.2, -0.15) is 0 Å². The fourth-order valence-corrected chi connectivity index (χ4v) is 5.11. The Kier molecular flexibility index (Phi) is 5.36. The Bertz CT molecular complexity index is 590. The smallest absolute Gasteiger partial charge is 0.218 e.